The number of hydrogen-bond acceptors (Lipinski definition) is 4. The van der Waals surface area contributed by atoms with Crippen molar-refractivity contribution >= 4 is 23.2 Å². The second-order valence-corrected chi connectivity index (χ2v) is 6.66. The summed E-state index contributed by atoms with van der Waals surface area (Å²) in [6.45, 7) is 0. The van der Waals surface area contributed by atoms with Gasteiger partial charge in [-0.3, -0.25) is 14.9 Å². The third kappa shape index (κ3) is 3.69. The fourth-order valence-electron chi connectivity index (χ4n) is 3.44. The van der Waals surface area contributed by atoms with Gasteiger partial charge >= 0.3 is 0 Å². The van der Waals surface area contributed by atoms with Crippen molar-refractivity contribution in [2.24, 2.45) is 5.92 Å². The smallest absolute Gasteiger partial charge is 0.258 e. The highest BCUT2D eigenvalue weighted by Gasteiger charge is 2.25. The lowest BCUT2D eigenvalue weighted by atomic mass is 9.88. The van der Waals surface area contributed by atoms with E-state index in [0.717, 1.165) is 32.1 Å². The Morgan fingerprint density at radius 1 is 1.04 bits per heavy atom. The zero-order valence-electron chi connectivity index (χ0n) is 14.4. The van der Waals surface area contributed by atoms with Gasteiger partial charge in [0.05, 0.1) is 0 Å². The third-order valence-electron chi connectivity index (χ3n) is 4.81. The SMILES string of the molecule is Nc1ccc(F)c(-c2c(N)cccc2C(=O)NC(=O)C2CCCCC2)c1. The van der Waals surface area contributed by atoms with E-state index >= 15 is 0 Å². The van der Waals surface area contributed by atoms with Crippen molar-refractivity contribution in [2.75, 3.05) is 11.5 Å². The van der Waals surface area contributed by atoms with E-state index in [1.54, 1.807) is 12.1 Å². The van der Waals surface area contributed by atoms with Gasteiger partial charge in [0, 0.05) is 34.0 Å². The zero-order chi connectivity index (χ0) is 18.7. The van der Waals surface area contributed by atoms with Gasteiger partial charge in [-0.05, 0) is 43.2 Å². The van der Waals surface area contributed by atoms with E-state index in [9.17, 15) is 14.0 Å². The summed E-state index contributed by atoms with van der Waals surface area (Å²) in [6, 6.07) is 8.80. The van der Waals surface area contributed by atoms with Crippen molar-refractivity contribution in [2.45, 2.75) is 32.1 Å². The summed E-state index contributed by atoms with van der Waals surface area (Å²) in [6.07, 6.45) is 4.67. The lowest BCUT2D eigenvalue weighted by Gasteiger charge is -2.21. The van der Waals surface area contributed by atoms with Crippen LogP contribution < -0.4 is 16.8 Å². The van der Waals surface area contributed by atoms with Gasteiger partial charge in [-0.1, -0.05) is 25.3 Å². The molecule has 2 amide bonds. The first kappa shape index (κ1) is 17.9. The minimum atomic E-state index is -0.579. The van der Waals surface area contributed by atoms with E-state index in [1.807, 2.05) is 0 Å². The Balaban J connectivity index is 1.93. The van der Waals surface area contributed by atoms with Crippen molar-refractivity contribution in [1.82, 2.24) is 5.32 Å². The summed E-state index contributed by atoms with van der Waals surface area (Å²) >= 11 is 0. The number of imide groups is 1. The average Bonchev–Trinajstić information content (AvgIpc) is 2.64. The van der Waals surface area contributed by atoms with E-state index in [4.69, 9.17) is 11.5 Å². The second kappa shape index (κ2) is 7.56. The van der Waals surface area contributed by atoms with Crippen LogP contribution in [0, 0.1) is 11.7 Å². The van der Waals surface area contributed by atoms with Crippen LogP contribution in [0.4, 0.5) is 15.8 Å². The molecule has 1 fully saturated rings. The molecule has 2 aromatic rings. The number of hydrogen-bond donors (Lipinski definition) is 3. The molecule has 6 heteroatoms. The van der Waals surface area contributed by atoms with E-state index in [2.05, 4.69) is 5.32 Å². The standard InChI is InChI=1S/C20H22FN3O2/c21-16-10-9-13(22)11-15(16)18-14(7-4-8-17(18)23)20(26)24-19(25)12-5-2-1-3-6-12/h4,7-12H,1-3,5-6,22-23H2,(H,24,25,26). The molecule has 1 aliphatic carbocycles. The van der Waals surface area contributed by atoms with Crippen LogP contribution in [0.2, 0.25) is 0 Å². The number of nitrogens with two attached hydrogens (primary N) is 2. The van der Waals surface area contributed by atoms with Gasteiger partial charge in [0.25, 0.3) is 5.91 Å². The third-order valence-corrected chi connectivity index (χ3v) is 4.81. The number of anilines is 2. The van der Waals surface area contributed by atoms with Crippen LogP contribution in [0.5, 0.6) is 0 Å². The molecule has 3 rings (SSSR count). The fourth-order valence-corrected chi connectivity index (χ4v) is 3.44. The van der Waals surface area contributed by atoms with Crippen molar-refractivity contribution in [1.29, 1.82) is 0 Å². The Morgan fingerprint density at radius 2 is 1.77 bits per heavy atom. The van der Waals surface area contributed by atoms with Crippen molar-refractivity contribution in [3.05, 3.63) is 47.8 Å². The zero-order valence-corrected chi connectivity index (χ0v) is 14.4. The summed E-state index contributed by atoms with van der Waals surface area (Å²) in [5, 5.41) is 2.45. The fraction of sp³-hybridized carbons (Fsp3) is 0.300. The quantitative estimate of drug-likeness (QED) is 0.580. The van der Waals surface area contributed by atoms with Gasteiger partial charge < -0.3 is 11.5 Å². The van der Waals surface area contributed by atoms with Gasteiger partial charge in [0.1, 0.15) is 5.82 Å². The molecule has 5 nitrogen and oxygen atoms in total. The summed E-state index contributed by atoms with van der Waals surface area (Å²) in [5.74, 6) is -1.55. The summed E-state index contributed by atoms with van der Waals surface area (Å²) < 4.78 is 14.3. The Labute approximate surface area is 151 Å². The molecule has 0 heterocycles. The number of nitrogens with one attached hydrogen (secondary N) is 1. The van der Waals surface area contributed by atoms with Crippen LogP contribution in [-0.4, -0.2) is 11.8 Å². The first-order chi connectivity index (χ1) is 12.5. The molecule has 1 aliphatic rings. The number of benzene rings is 2. The van der Waals surface area contributed by atoms with Crippen LogP contribution in [0.15, 0.2) is 36.4 Å². The highest BCUT2D eigenvalue weighted by molar-refractivity contribution is 6.10. The topological polar surface area (TPSA) is 98.2 Å². The Hall–Kier alpha value is -2.89. The van der Waals surface area contributed by atoms with E-state index in [-0.39, 0.29) is 34.2 Å². The molecule has 0 unspecified atom stereocenters. The molecule has 0 radical (unpaired) electrons. The van der Waals surface area contributed by atoms with E-state index in [1.165, 1.54) is 24.3 Å². The molecule has 136 valence electrons. The van der Waals surface area contributed by atoms with Gasteiger partial charge in [-0.2, -0.15) is 0 Å². The monoisotopic (exact) mass is 355 g/mol. The largest absolute Gasteiger partial charge is 0.399 e. The number of carbonyl (C=O) groups excluding carboxylic acids is 2. The number of nitrogen functional groups attached to an aromatic ring is 2. The van der Waals surface area contributed by atoms with Gasteiger partial charge in [0.2, 0.25) is 5.91 Å². The lowest BCUT2D eigenvalue weighted by Crippen LogP contribution is -2.36. The molecule has 0 spiro atoms. The maximum atomic E-state index is 14.3. The van der Waals surface area contributed by atoms with Gasteiger partial charge in [-0.15, -0.1) is 0 Å². The number of amides is 2. The normalized spacial score (nSPS) is 14.8. The predicted octanol–water partition coefficient (Wildman–Crippen LogP) is 3.49. The highest BCUT2D eigenvalue weighted by Crippen LogP contribution is 2.33. The maximum Gasteiger partial charge on any atom is 0.258 e. The number of carbonyl (C=O) groups is 2. The summed E-state index contributed by atoms with van der Waals surface area (Å²) in [7, 11) is 0. The summed E-state index contributed by atoms with van der Waals surface area (Å²) in [5.41, 5.74) is 12.9. The highest BCUT2D eigenvalue weighted by atomic mass is 19.1. The predicted molar refractivity (Wildman–Crippen MR) is 99.7 cm³/mol. The molecule has 0 atom stereocenters. The summed E-state index contributed by atoms with van der Waals surface area (Å²) in [4.78, 5) is 25.1. The molecular weight excluding hydrogens is 333 g/mol. The molecular formula is C20H22FN3O2. The van der Waals surface area contributed by atoms with Crippen LogP contribution in [0.25, 0.3) is 11.1 Å². The minimum absolute atomic E-state index is 0.137. The molecule has 5 N–H and O–H groups in total. The lowest BCUT2D eigenvalue weighted by molar-refractivity contribution is -0.124. The second-order valence-electron chi connectivity index (χ2n) is 6.66. The van der Waals surface area contributed by atoms with Crippen LogP contribution in [-0.2, 0) is 4.79 Å². The van der Waals surface area contributed by atoms with Crippen molar-refractivity contribution < 1.29 is 14.0 Å². The Kier molecular flexibility index (Phi) is 5.21. The Bertz CT molecular complexity index is 845. The molecule has 0 saturated heterocycles. The van der Waals surface area contributed by atoms with Gasteiger partial charge in [0.15, 0.2) is 0 Å². The first-order valence-corrected chi connectivity index (χ1v) is 8.76. The molecule has 0 bridgehead atoms. The molecule has 1 saturated carbocycles. The van der Waals surface area contributed by atoms with Crippen LogP contribution >= 0.6 is 0 Å². The molecule has 2 aromatic carbocycles. The number of rotatable bonds is 3. The van der Waals surface area contributed by atoms with E-state index in [0.29, 0.717) is 5.69 Å². The maximum absolute atomic E-state index is 14.3. The number of halogens is 1. The minimum Gasteiger partial charge on any atom is -0.399 e. The van der Waals surface area contributed by atoms with Crippen molar-refractivity contribution in [3.8, 4) is 11.1 Å². The van der Waals surface area contributed by atoms with Crippen LogP contribution in [0.1, 0.15) is 42.5 Å². The van der Waals surface area contributed by atoms with Gasteiger partial charge in [-0.25, -0.2) is 4.39 Å². The molecule has 0 aliphatic heterocycles. The average molecular weight is 355 g/mol. The molecule has 0 aromatic heterocycles. The molecule has 26 heavy (non-hydrogen) atoms. The first-order valence-electron chi connectivity index (χ1n) is 8.76. The van der Waals surface area contributed by atoms with Crippen molar-refractivity contribution in [3.63, 3.8) is 0 Å². The van der Waals surface area contributed by atoms with Crippen LogP contribution in [0.3, 0.4) is 0 Å². The van der Waals surface area contributed by atoms with E-state index < -0.39 is 11.7 Å². The Morgan fingerprint density at radius 3 is 2.50 bits per heavy atom.